The van der Waals surface area contributed by atoms with Gasteiger partial charge in [0.25, 0.3) is 0 Å². The highest BCUT2D eigenvalue weighted by atomic mass is 16.5. The molecule has 1 aliphatic carbocycles. The van der Waals surface area contributed by atoms with Crippen LogP contribution in [0.2, 0.25) is 0 Å². The van der Waals surface area contributed by atoms with Crippen LogP contribution in [0.1, 0.15) is 36.8 Å². The number of benzene rings is 1. The van der Waals surface area contributed by atoms with Crippen molar-refractivity contribution in [1.29, 1.82) is 0 Å². The van der Waals surface area contributed by atoms with E-state index >= 15 is 0 Å². The van der Waals surface area contributed by atoms with Crippen LogP contribution < -0.4 is 5.32 Å². The van der Waals surface area contributed by atoms with Crippen molar-refractivity contribution >= 4 is 5.91 Å². The van der Waals surface area contributed by atoms with Crippen molar-refractivity contribution in [3.8, 4) is 0 Å². The van der Waals surface area contributed by atoms with Gasteiger partial charge in [0.05, 0.1) is 6.61 Å². The van der Waals surface area contributed by atoms with Gasteiger partial charge in [0.15, 0.2) is 0 Å². The molecule has 2 aliphatic heterocycles. The molecule has 1 amide bonds. The van der Waals surface area contributed by atoms with Gasteiger partial charge in [-0.05, 0) is 55.1 Å². The molecule has 2 saturated heterocycles. The Kier molecular flexibility index (Phi) is 5.37. The Morgan fingerprint density at radius 2 is 1.68 bits per heavy atom. The van der Waals surface area contributed by atoms with Crippen LogP contribution in [0.3, 0.4) is 0 Å². The molecule has 2 fully saturated rings. The van der Waals surface area contributed by atoms with Gasteiger partial charge in [-0.2, -0.15) is 0 Å². The Bertz CT molecular complexity index is 572. The first kappa shape index (κ1) is 17.0. The summed E-state index contributed by atoms with van der Waals surface area (Å²) in [4.78, 5) is 12.7. The number of carbonyl (C=O) groups excluding carboxylic acids is 1. The first-order chi connectivity index (χ1) is 12.3. The van der Waals surface area contributed by atoms with Gasteiger partial charge in [0.2, 0.25) is 5.91 Å². The highest BCUT2D eigenvalue weighted by molar-refractivity contribution is 5.76. The van der Waals surface area contributed by atoms with E-state index in [1.165, 1.54) is 11.1 Å². The van der Waals surface area contributed by atoms with Gasteiger partial charge in [0.1, 0.15) is 0 Å². The topological polar surface area (TPSA) is 47.6 Å². The quantitative estimate of drug-likeness (QED) is 0.914. The summed E-state index contributed by atoms with van der Waals surface area (Å²) in [5.41, 5.74) is 2.85. The molecule has 25 heavy (non-hydrogen) atoms. The molecule has 0 radical (unpaired) electrons. The molecule has 0 spiro atoms. The smallest absolute Gasteiger partial charge is 0.220 e. The molecule has 4 rings (SSSR count). The van der Waals surface area contributed by atoms with Gasteiger partial charge in [-0.15, -0.1) is 0 Å². The van der Waals surface area contributed by atoms with Crippen LogP contribution in [0.25, 0.3) is 0 Å². The Morgan fingerprint density at radius 1 is 1.00 bits per heavy atom. The number of carbonyl (C=O) groups is 1. The standard InChI is InChI=1S/C21H29NO3/c23-21(13-15-11-17-3-1-2-4-18(17)12-15)22-20-7-10-25-14-19(20)16-5-8-24-9-6-16/h1-4,15-16,19-20H,5-14H2,(H,22,23)/t19-,20-/m0/s1. The number of nitrogens with one attached hydrogen (secondary N) is 1. The molecule has 2 heterocycles. The molecule has 2 atom stereocenters. The molecule has 0 saturated carbocycles. The fourth-order valence-electron chi connectivity index (χ4n) is 4.87. The van der Waals surface area contributed by atoms with Crippen molar-refractivity contribution in [1.82, 2.24) is 5.32 Å². The van der Waals surface area contributed by atoms with E-state index in [2.05, 4.69) is 29.6 Å². The second-order valence-corrected chi connectivity index (χ2v) is 7.90. The fourth-order valence-corrected chi connectivity index (χ4v) is 4.87. The van der Waals surface area contributed by atoms with Crippen LogP contribution in [0.4, 0.5) is 0 Å². The molecule has 136 valence electrons. The molecule has 3 aliphatic rings. The Balaban J connectivity index is 1.32. The molecule has 1 N–H and O–H groups in total. The number of rotatable bonds is 4. The SMILES string of the molecule is O=C(CC1Cc2ccccc2C1)N[C@H]1CCOC[C@H]1C1CCOCC1. The lowest BCUT2D eigenvalue weighted by molar-refractivity contribution is -0.124. The van der Waals surface area contributed by atoms with E-state index in [9.17, 15) is 4.79 Å². The van der Waals surface area contributed by atoms with Crippen LogP contribution >= 0.6 is 0 Å². The predicted octanol–water partition coefficient (Wildman–Crippen LogP) is 2.74. The minimum atomic E-state index is 0.224. The van der Waals surface area contributed by atoms with Crippen molar-refractivity contribution in [3.05, 3.63) is 35.4 Å². The van der Waals surface area contributed by atoms with E-state index in [0.29, 0.717) is 24.2 Å². The van der Waals surface area contributed by atoms with E-state index in [1.807, 2.05) is 0 Å². The van der Waals surface area contributed by atoms with Crippen molar-refractivity contribution in [2.45, 2.75) is 44.6 Å². The summed E-state index contributed by atoms with van der Waals surface area (Å²) < 4.78 is 11.2. The molecule has 1 aromatic rings. The molecule has 0 unspecified atom stereocenters. The zero-order valence-corrected chi connectivity index (χ0v) is 14.9. The Hall–Kier alpha value is -1.39. The largest absolute Gasteiger partial charge is 0.381 e. The van der Waals surface area contributed by atoms with E-state index < -0.39 is 0 Å². The average molecular weight is 343 g/mol. The number of hydrogen-bond donors (Lipinski definition) is 1. The highest BCUT2D eigenvalue weighted by Crippen LogP contribution is 2.31. The summed E-state index contributed by atoms with van der Waals surface area (Å²) in [5.74, 6) is 1.75. The zero-order valence-electron chi connectivity index (χ0n) is 14.9. The second kappa shape index (κ2) is 7.88. The van der Waals surface area contributed by atoms with Crippen LogP contribution in [0.5, 0.6) is 0 Å². The first-order valence-electron chi connectivity index (χ1n) is 9.81. The Morgan fingerprint density at radius 3 is 2.40 bits per heavy atom. The summed E-state index contributed by atoms with van der Waals surface area (Å²) in [6, 6.07) is 8.87. The van der Waals surface area contributed by atoms with Crippen LogP contribution in [-0.2, 0) is 27.1 Å². The van der Waals surface area contributed by atoms with Crippen LogP contribution in [0.15, 0.2) is 24.3 Å². The lowest BCUT2D eigenvalue weighted by Gasteiger charge is -2.39. The maximum atomic E-state index is 12.7. The van der Waals surface area contributed by atoms with E-state index in [-0.39, 0.29) is 11.9 Å². The summed E-state index contributed by atoms with van der Waals surface area (Å²) in [7, 11) is 0. The first-order valence-corrected chi connectivity index (χ1v) is 9.81. The highest BCUT2D eigenvalue weighted by Gasteiger charge is 2.34. The molecule has 0 bridgehead atoms. The lowest BCUT2D eigenvalue weighted by Crippen LogP contribution is -2.49. The van der Waals surface area contributed by atoms with Crippen molar-refractivity contribution in [2.24, 2.45) is 17.8 Å². The number of fused-ring (bicyclic) bond motifs is 1. The Labute approximate surface area is 150 Å². The van der Waals surface area contributed by atoms with E-state index in [0.717, 1.165) is 58.5 Å². The van der Waals surface area contributed by atoms with Crippen LogP contribution in [0, 0.1) is 17.8 Å². The maximum Gasteiger partial charge on any atom is 0.220 e. The van der Waals surface area contributed by atoms with Gasteiger partial charge in [0, 0.05) is 38.2 Å². The van der Waals surface area contributed by atoms with Crippen molar-refractivity contribution in [3.63, 3.8) is 0 Å². The average Bonchev–Trinajstić information content (AvgIpc) is 3.05. The van der Waals surface area contributed by atoms with Crippen molar-refractivity contribution in [2.75, 3.05) is 26.4 Å². The molecule has 1 aromatic carbocycles. The number of amides is 1. The van der Waals surface area contributed by atoms with Crippen LogP contribution in [-0.4, -0.2) is 38.4 Å². The minimum Gasteiger partial charge on any atom is -0.381 e. The third-order valence-corrected chi connectivity index (χ3v) is 6.23. The number of ether oxygens (including phenoxy) is 2. The zero-order chi connectivity index (χ0) is 17.1. The lowest BCUT2D eigenvalue weighted by atomic mass is 9.79. The maximum absolute atomic E-state index is 12.7. The predicted molar refractivity (Wildman–Crippen MR) is 96.4 cm³/mol. The second-order valence-electron chi connectivity index (χ2n) is 7.90. The van der Waals surface area contributed by atoms with Gasteiger partial charge in [-0.1, -0.05) is 24.3 Å². The minimum absolute atomic E-state index is 0.224. The van der Waals surface area contributed by atoms with Gasteiger partial charge >= 0.3 is 0 Å². The normalized spacial score (nSPS) is 27.8. The van der Waals surface area contributed by atoms with Gasteiger partial charge in [-0.25, -0.2) is 0 Å². The molecule has 4 heteroatoms. The third-order valence-electron chi connectivity index (χ3n) is 6.23. The molecule has 0 aromatic heterocycles. The van der Waals surface area contributed by atoms with Gasteiger partial charge < -0.3 is 14.8 Å². The van der Waals surface area contributed by atoms with E-state index in [4.69, 9.17) is 9.47 Å². The number of hydrogen-bond acceptors (Lipinski definition) is 3. The van der Waals surface area contributed by atoms with Gasteiger partial charge in [-0.3, -0.25) is 4.79 Å². The fraction of sp³-hybridized carbons (Fsp3) is 0.667. The third kappa shape index (κ3) is 4.06. The summed E-state index contributed by atoms with van der Waals surface area (Å²) in [5, 5.41) is 3.36. The molecule has 4 nitrogen and oxygen atoms in total. The van der Waals surface area contributed by atoms with Crippen molar-refractivity contribution < 1.29 is 14.3 Å². The summed E-state index contributed by atoms with van der Waals surface area (Å²) >= 11 is 0. The van der Waals surface area contributed by atoms with E-state index in [1.54, 1.807) is 0 Å². The summed E-state index contributed by atoms with van der Waals surface area (Å²) in [6.07, 6.45) is 5.86. The monoisotopic (exact) mass is 343 g/mol. The summed E-state index contributed by atoms with van der Waals surface area (Å²) in [6.45, 7) is 3.24. The molecular formula is C21H29NO3. The molecular weight excluding hydrogens is 314 g/mol.